The van der Waals surface area contributed by atoms with Gasteiger partial charge in [-0.15, -0.1) is 0 Å². The van der Waals surface area contributed by atoms with Gasteiger partial charge in [-0.1, -0.05) is 64.0 Å². The van der Waals surface area contributed by atoms with Crippen molar-refractivity contribution in [2.24, 2.45) is 0 Å². The molecule has 4 aromatic rings. The van der Waals surface area contributed by atoms with E-state index in [1.54, 1.807) is 0 Å². The Labute approximate surface area is 177 Å². The van der Waals surface area contributed by atoms with Gasteiger partial charge in [0.05, 0.1) is 11.0 Å². The molecule has 0 spiro atoms. The number of nitrogens with one attached hydrogen (secondary N) is 2. The maximum atomic E-state index is 12.2. The second-order valence-electron chi connectivity index (χ2n) is 6.83. The zero-order chi connectivity index (χ0) is 20.2. The largest absolute Gasteiger partial charge is 0.336 e. The molecule has 0 aliphatic carbocycles. The van der Waals surface area contributed by atoms with E-state index in [9.17, 15) is 4.79 Å². The highest BCUT2D eigenvalue weighted by molar-refractivity contribution is 9.10. The van der Waals surface area contributed by atoms with E-state index in [1.165, 1.54) is 5.56 Å². The second kappa shape index (κ2) is 8.49. The molecule has 2 N–H and O–H groups in total. The van der Waals surface area contributed by atoms with Gasteiger partial charge < -0.3 is 15.2 Å². The smallest absolute Gasteiger partial charge is 0.319 e. The summed E-state index contributed by atoms with van der Waals surface area (Å²) in [5, 5.41) is 5.78. The number of nitrogens with zero attached hydrogens (tertiary/aromatic N) is 2. The quantitative estimate of drug-likeness (QED) is 0.417. The molecule has 146 valence electrons. The van der Waals surface area contributed by atoms with Crippen molar-refractivity contribution >= 4 is 38.7 Å². The average molecular weight is 449 g/mol. The molecule has 0 saturated carbocycles. The van der Waals surface area contributed by atoms with Crippen molar-refractivity contribution in [2.45, 2.75) is 13.5 Å². The lowest BCUT2D eigenvalue weighted by atomic mass is 10.1. The van der Waals surface area contributed by atoms with Crippen LogP contribution in [0.15, 0.2) is 77.3 Å². The summed E-state index contributed by atoms with van der Waals surface area (Å²) < 4.78 is 3.07. The van der Waals surface area contributed by atoms with Crippen molar-refractivity contribution in [3.8, 4) is 11.4 Å². The number of anilines is 1. The number of hydrogen-bond donors (Lipinski definition) is 2. The molecule has 3 aromatic carbocycles. The number of aryl methyl sites for hydroxylation is 1. The van der Waals surface area contributed by atoms with Crippen LogP contribution in [-0.2, 0) is 6.54 Å². The average Bonchev–Trinajstić information content (AvgIpc) is 3.07. The Morgan fingerprint density at radius 2 is 1.83 bits per heavy atom. The number of imidazole rings is 1. The Morgan fingerprint density at radius 1 is 1.03 bits per heavy atom. The van der Waals surface area contributed by atoms with Crippen LogP contribution in [0.2, 0.25) is 0 Å². The number of carbonyl (C=O) groups is 1. The predicted molar refractivity (Wildman–Crippen MR) is 121 cm³/mol. The number of rotatable bonds is 5. The van der Waals surface area contributed by atoms with Crippen molar-refractivity contribution < 1.29 is 4.79 Å². The fourth-order valence-corrected chi connectivity index (χ4v) is 3.65. The number of urea groups is 1. The minimum Gasteiger partial charge on any atom is -0.336 e. The SMILES string of the molecule is Cc1ccc(-c2nc3ccccc3n2CCNC(=O)Nc2cccc(Br)c2)cc1. The van der Waals surface area contributed by atoms with Crippen molar-refractivity contribution in [3.63, 3.8) is 0 Å². The van der Waals surface area contributed by atoms with Crippen molar-refractivity contribution in [1.29, 1.82) is 0 Å². The van der Waals surface area contributed by atoms with E-state index in [1.807, 2.05) is 42.5 Å². The molecule has 0 aliphatic rings. The summed E-state index contributed by atoms with van der Waals surface area (Å²) >= 11 is 3.41. The first-order valence-corrected chi connectivity index (χ1v) is 10.2. The number of benzene rings is 3. The van der Waals surface area contributed by atoms with Crippen LogP contribution in [0.5, 0.6) is 0 Å². The molecule has 29 heavy (non-hydrogen) atoms. The van der Waals surface area contributed by atoms with E-state index >= 15 is 0 Å². The molecule has 0 atom stereocenters. The zero-order valence-corrected chi connectivity index (χ0v) is 17.6. The number of fused-ring (bicyclic) bond motifs is 1. The molecular formula is C23H21BrN4O. The standard InChI is InChI=1S/C23H21BrN4O/c1-16-9-11-17(12-10-16)22-27-20-7-2-3-8-21(20)28(22)14-13-25-23(29)26-19-6-4-5-18(24)15-19/h2-12,15H,13-14H2,1H3,(H2,25,26,29). The van der Waals surface area contributed by atoms with Crippen molar-refractivity contribution in [2.75, 3.05) is 11.9 Å². The molecule has 1 heterocycles. The number of hydrogen-bond acceptors (Lipinski definition) is 2. The van der Waals surface area contributed by atoms with Gasteiger partial charge in [0.2, 0.25) is 0 Å². The van der Waals surface area contributed by atoms with Crippen LogP contribution in [0.25, 0.3) is 22.4 Å². The van der Waals surface area contributed by atoms with Gasteiger partial charge >= 0.3 is 6.03 Å². The van der Waals surface area contributed by atoms with E-state index in [0.717, 1.165) is 32.6 Å². The lowest BCUT2D eigenvalue weighted by Gasteiger charge is -2.12. The highest BCUT2D eigenvalue weighted by Crippen LogP contribution is 2.25. The summed E-state index contributed by atoms with van der Waals surface area (Å²) in [4.78, 5) is 17.1. The molecule has 0 radical (unpaired) electrons. The van der Waals surface area contributed by atoms with Gasteiger partial charge in [0.1, 0.15) is 5.82 Å². The number of halogens is 1. The van der Waals surface area contributed by atoms with Crippen LogP contribution in [-0.4, -0.2) is 22.1 Å². The Balaban J connectivity index is 1.50. The normalized spacial score (nSPS) is 10.8. The van der Waals surface area contributed by atoms with Gasteiger partial charge in [-0.25, -0.2) is 9.78 Å². The maximum absolute atomic E-state index is 12.2. The fraction of sp³-hybridized carbons (Fsp3) is 0.130. The van der Waals surface area contributed by atoms with Crippen LogP contribution in [0, 0.1) is 6.92 Å². The van der Waals surface area contributed by atoms with E-state index < -0.39 is 0 Å². The summed E-state index contributed by atoms with van der Waals surface area (Å²) in [5.41, 5.74) is 5.01. The summed E-state index contributed by atoms with van der Waals surface area (Å²) in [6, 6.07) is 23.7. The summed E-state index contributed by atoms with van der Waals surface area (Å²) in [5.74, 6) is 0.903. The Hall–Kier alpha value is -3.12. The van der Waals surface area contributed by atoms with E-state index in [-0.39, 0.29) is 6.03 Å². The van der Waals surface area contributed by atoms with Gasteiger partial charge in [0, 0.05) is 28.8 Å². The first kappa shape index (κ1) is 19.2. The minimum atomic E-state index is -0.232. The van der Waals surface area contributed by atoms with Gasteiger partial charge in [-0.2, -0.15) is 0 Å². The van der Waals surface area contributed by atoms with Crippen LogP contribution in [0.4, 0.5) is 10.5 Å². The molecular weight excluding hydrogens is 428 g/mol. The molecule has 4 rings (SSSR count). The van der Waals surface area contributed by atoms with Crippen molar-refractivity contribution in [3.05, 3.63) is 82.8 Å². The first-order valence-electron chi connectivity index (χ1n) is 9.43. The maximum Gasteiger partial charge on any atom is 0.319 e. The topological polar surface area (TPSA) is 59.0 Å². The first-order chi connectivity index (χ1) is 14.1. The number of para-hydroxylation sites is 2. The third kappa shape index (κ3) is 4.49. The molecule has 0 aliphatic heterocycles. The van der Waals surface area contributed by atoms with Crippen LogP contribution in [0.1, 0.15) is 5.56 Å². The molecule has 0 bridgehead atoms. The lowest BCUT2D eigenvalue weighted by Crippen LogP contribution is -2.31. The monoisotopic (exact) mass is 448 g/mol. The Bertz CT molecular complexity index is 1150. The molecule has 1 aromatic heterocycles. The zero-order valence-electron chi connectivity index (χ0n) is 16.0. The third-order valence-electron chi connectivity index (χ3n) is 4.67. The molecule has 0 unspecified atom stereocenters. The highest BCUT2D eigenvalue weighted by Gasteiger charge is 2.12. The lowest BCUT2D eigenvalue weighted by molar-refractivity contribution is 0.251. The van der Waals surface area contributed by atoms with Gasteiger partial charge in [-0.3, -0.25) is 0 Å². The van der Waals surface area contributed by atoms with E-state index in [0.29, 0.717) is 13.1 Å². The van der Waals surface area contributed by atoms with Crippen molar-refractivity contribution in [1.82, 2.24) is 14.9 Å². The van der Waals surface area contributed by atoms with Gasteiger partial charge in [-0.05, 0) is 37.3 Å². The predicted octanol–water partition coefficient (Wildman–Crippen LogP) is 5.60. The van der Waals surface area contributed by atoms with Gasteiger partial charge in [0.15, 0.2) is 0 Å². The summed E-state index contributed by atoms with van der Waals surface area (Å²) in [6.45, 7) is 3.18. The Morgan fingerprint density at radius 3 is 2.62 bits per heavy atom. The fourth-order valence-electron chi connectivity index (χ4n) is 3.25. The second-order valence-corrected chi connectivity index (χ2v) is 7.75. The van der Waals surface area contributed by atoms with Crippen LogP contribution >= 0.6 is 15.9 Å². The number of aromatic nitrogens is 2. The molecule has 0 saturated heterocycles. The van der Waals surface area contributed by atoms with E-state index in [4.69, 9.17) is 4.98 Å². The van der Waals surface area contributed by atoms with E-state index in [2.05, 4.69) is 68.4 Å². The number of carbonyl (C=O) groups excluding carboxylic acids is 1. The summed E-state index contributed by atoms with van der Waals surface area (Å²) in [6.07, 6.45) is 0. The summed E-state index contributed by atoms with van der Waals surface area (Å²) in [7, 11) is 0. The van der Waals surface area contributed by atoms with Gasteiger partial charge in [0.25, 0.3) is 0 Å². The minimum absolute atomic E-state index is 0.232. The van der Waals surface area contributed by atoms with Crippen LogP contribution in [0.3, 0.4) is 0 Å². The molecule has 2 amide bonds. The highest BCUT2D eigenvalue weighted by atomic mass is 79.9. The third-order valence-corrected chi connectivity index (χ3v) is 5.16. The number of amides is 2. The molecule has 6 heteroatoms. The Kier molecular flexibility index (Phi) is 5.62. The molecule has 0 fully saturated rings. The molecule has 5 nitrogen and oxygen atoms in total. The van der Waals surface area contributed by atoms with Crippen LogP contribution < -0.4 is 10.6 Å².